The van der Waals surface area contributed by atoms with Gasteiger partial charge in [0.2, 0.25) is 0 Å². The first-order chi connectivity index (χ1) is 32.5. The maximum absolute atomic E-state index is 5.63. The number of nitrogens with zero attached hydrogens (tertiary/aromatic N) is 5. The standard InChI is InChI=1S/C61H45N5/c1-39-17-14-29-54-58(39)48-25-11-13-28-52(48)66(54)56-31-15-26-50(63-56)41-35-42(60-46-23-8-6-21-44(46)59(40-18-4-3-5-19-40)45-22-7-9-24-47(45)60)37-61(2,36-41)55-30-16-32-57(64-55)65-51-27-12-10-20-43(51)49-38-62-34-33-53(49)65/h3-16,18-35,37-39H,17,36H2,1-2H3. The van der Waals surface area contributed by atoms with E-state index in [1.807, 2.05) is 12.4 Å². The second-order valence-corrected chi connectivity index (χ2v) is 18.3. The minimum Gasteiger partial charge on any atom is -0.294 e. The van der Waals surface area contributed by atoms with Crippen LogP contribution >= 0.6 is 0 Å². The number of benzene rings is 6. The molecule has 2 aliphatic rings. The molecule has 6 aromatic carbocycles. The highest BCUT2D eigenvalue weighted by molar-refractivity contribution is 6.20. The Kier molecular flexibility index (Phi) is 8.69. The van der Waals surface area contributed by atoms with E-state index in [-0.39, 0.29) is 0 Å². The van der Waals surface area contributed by atoms with E-state index < -0.39 is 5.41 Å². The first-order valence-corrected chi connectivity index (χ1v) is 23.0. The predicted molar refractivity (Wildman–Crippen MR) is 274 cm³/mol. The van der Waals surface area contributed by atoms with Gasteiger partial charge < -0.3 is 0 Å². The lowest BCUT2D eigenvalue weighted by atomic mass is 9.72. The van der Waals surface area contributed by atoms with E-state index in [0.717, 1.165) is 56.8 Å². The Hall–Kier alpha value is -8.15. The molecule has 66 heavy (non-hydrogen) atoms. The van der Waals surface area contributed by atoms with Gasteiger partial charge in [0.1, 0.15) is 11.6 Å². The van der Waals surface area contributed by atoms with Gasteiger partial charge in [0.05, 0.1) is 33.6 Å². The molecule has 5 nitrogen and oxygen atoms in total. The predicted octanol–water partition coefficient (Wildman–Crippen LogP) is 15.2. The number of rotatable bonds is 6. The van der Waals surface area contributed by atoms with Gasteiger partial charge in [-0.05, 0) is 128 Å². The van der Waals surface area contributed by atoms with E-state index in [9.17, 15) is 0 Å². The molecule has 5 heteroatoms. The molecule has 2 aliphatic carbocycles. The van der Waals surface area contributed by atoms with Crippen molar-refractivity contribution >= 4 is 71.5 Å². The minimum absolute atomic E-state index is 0.425. The van der Waals surface area contributed by atoms with Crippen LogP contribution in [0.25, 0.3) is 94.2 Å². The van der Waals surface area contributed by atoms with Crippen LogP contribution in [0.5, 0.6) is 0 Å². The number of pyridine rings is 3. The summed E-state index contributed by atoms with van der Waals surface area (Å²) in [5.41, 5.74) is 13.5. The van der Waals surface area contributed by atoms with Crippen LogP contribution in [0.1, 0.15) is 60.8 Å². The Bertz CT molecular complexity index is 3750. The van der Waals surface area contributed by atoms with Crippen molar-refractivity contribution in [2.45, 2.75) is 38.0 Å². The molecular weight excluding hydrogens is 803 g/mol. The largest absolute Gasteiger partial charge is 0.294 e. The quantitative estimate of drug-likeness (QED) is 0.157. The van der Waals surface area contributed by atoms with Gasteiger partial charge in [-0.15, -0.1) is 0 Å². The van der Waals surface area contributed by atoms with Crippen molar-refractivity contribution in [3.63, 3.8) is 0 Å². The van der Waals surface area contributed by atoms with Crippen molar-refractivity contribution in [2.24, 2.45) is 0 Å². The number of aromatic nitrogens is 5. The van der Waals surface area contributed by atoms with Crippen molar-refractivity contribution < 1.29 is 0 Å². The zero-order chi connectivity index (χ0) is 43.9. The average molecular weight is 848 g/mol. The van der Waals surface area contributed by atoms with Crippen molar-refractivity contribution in [2.75, 3.05) is 0 Å². The van der Waals surface area contributed by atoms with Crippen LogP contribution in [0.2, 0.25) is 0 Å². The lowest BCUT2D eigenvalue weighted by molar-refractivity contribution is 0.588. The minimum atomic E-state index is -0.523. The molecule has 0 spiro atoms. The van der Waals surface area contributed by atoms with E-state index in [4.69, 9.17) is 9.97 Å². The summed E-state index contributed by atoms with van der Waals surface area (Å²) < 4.78 is 4.66. The van der Waals surface area contributed by atoms with E-state index in [0.29, 0.717) is 12.3 Å². The molecule has 13 rings (SSSR count). The molecule has 0 saturated carbocycles. The van der Waals surface area contributed by atoms with Gasteiger partial charge in [0.25, 0.3) is 0 Å². The fourth-order valence-corrected chi connectivity index (χ4v) is 11.3. The summed E-state index contributed by atoms with van der Waals surface area (Å²) in [5.74, 6) is 2.23. The average Bonchev–Trinajstić information content (AvgIpc) is 3.90. The normalized spacial score (nSPS) is 17.2. The summed E-state index contributed by atoms with van der Waals surface area (Å²) in [5, 5.41) is 8.47. The Balaban J connectivity index is 1.05. The Morgan fingerprint density at radius 1 is 0.545 bits per heavy atom. The fraction of sp³-hybridized carbons (Fsp3) is 0.0984. The molecule has 0 amide bonds. The number of fused-ring (bicyclic) bond motifs is 8. The highest BCUT2D eigenvalue weighted by Crippen LogP contribution is 2.48. The van der Waals surface area contributed by atoms with Crippen molar-refractivity contribution in [3.8, 4) is 22.8 Å². The molecule has 11 aromatic rings. The molecule has 0 radical (unpaired) electrons. The lowest BCUT2D eigenvalue weighted by Gasteiger charge is -2.33. The maximum Gasteiger partial charge on any atom is 0.138 e. The molecule has 0 N–H and O–H groups in total. The molecule has 0 fully saturated rings. The molecule has 5 heterocycles. The van der Waals surface area contributed by atoms with Crippen molar-refractivity contribution in [3.05, 3.63) is 229 Å². The number of hydrogen-bond acceptors (Lipinski definition) is 3. The second-order valence-electron chi connectivity index (χ2n) is 18.3. The van der Waals surface area contributed by atoms with Gasteiger partial charge >= 0.3 is 0 Å². The zero-order valence-electron chi connectivity index (χ0n) is 36.9. The summed E-state index contributed by atoms with van der Waals surface area (Å²) in [4.78, 5) is 15.8. The molecule has 0 aliphatic heterocycles. The number of para-hydroxylation sites is 2. The summed E-state index contributed by atoms with van der Waals surface area (Å²) in [6.07, 6.45) is 15.1. The molecule has 0 bridgehead atoms. The van der Waals surface area contributed by atoms with Crippen LogP contribution in [0, 0.1) is 0 Å². The second kappa shape index (κ2) is 15.0. The molecule has 0 saturated heterocycles. The van der Waals surface area contributed by atoms with Crippen LogP contribution in [0.4, 0.5) is 0 Å². The topological polar surface area (TPSA) is 48.5 Å². The molecule has 2 unspecified atom stereocenters. The van der Waals surface area contributed by atoms with Crippen LogP contribution in [0.3, 0.4) is 0 Å². The van der Waals surface area contributed by atoms with Gasteiger partial charge in [0.15, 0.2) is 0 Å². The van der Waals surface area contributed by atoms with Crippen LogP contribution in [0.15, 0.2) is 200 Å². The van der Waals surface area contributed by atoms with E-state index in [1.165, 1.54) is 66.0 Å². The summed E-state index contributed by atoms with van der Waals surface area (Å²) in [6.45, 7) is 4.70. The van der Waals surface area contributed by atoms with Crippen LogP contribution in [-0.4, -0.2) is 24.1 Å². The fourth-order valence-electron chi connectivity index (χ4n) is 11.3. The third-order valence-electron chi connectivity index (χ3n) is 14.2. The highest BCUT2D eigenvalue weighted by atomic mass is 15.1. The smallest absolute Gasteiger partial charge is 0.138 e. The molecule has 2 atom stereocenters. The third-order valence-corrected chi connectivity index (χ3v) is 14.2. The lowest BCUT2D eigenvalue weighted by Crippen LogP contribution is -2.25. The summed E-state index contributed by atoms with van der Waals surface area (Å²) in [7, 11) is 0. The van der Waals surface area contributed by atoms with Gasteiger partial charge in [0, 0.05) is 34.0 Å². The van der Waals surface area contributed by atoms with E-state index in [1.54, 1.807) is 0 Å². The van der Waals surface area contributed by atoms with Crippen LogP contribution < -0.4 is 0 Å². The first-order valence-electron chi connectivity index (χ1n) is 23.0. The molecule has 5 aromatic heterocycles. The van der Waals surface area contributed by atoms with Crippen molar-refractivity contribution in [1.29, 1.82) is 0 Å². The van der Waals surface area contributed by atoms with E-state index >= 15 is 0 Å². The van der Waals surface area contributed by atoms with Gasteiger partial charge in [-0.25, -0.2) is 9.97 Å². The van der Waals surface area contributed by atoms with Crippen molar-refractivity contribution in [1.82, 2.24) is 24.1 Å². The SMILES string of the molecule is CC1CC=Cc2c1c1ccccc1n2-c1cccc(C2=CC(c3c4ccccc4c(-c4ccccc4)c4ccccc34)=CC(C)(c3cccc(-n4c5ccccc5c5cnccc54)n3)C2)n1. The van der Waals surface area contributed by atoms with Crippen LogP contribution in [-0.2, 0) is 5.41 Å². The third kappa shape index (κ3) is 5.89. The molecular formula is C61H45N5. The number of hydrogen-bond donors (Lipinski definition) is 0. The van der Waals surface area contributed by atoms with Gasteiger partial charge in [-0.3, -0.25) is 14.1 Å². The molecule has 314 valence electrons. The highest BCUT2D eigenvalue weighted by Gasteiger charge is 2.34. The maximum atomic E-state index is 5.63. The Labute approximate surface area is 383 Å². The number of allylic oxidation sites excluding steroid dienone is 5. The zero-order valence-corrected chi connectivity index (χ0v) is 36.9. The van der Waals surface area contributed by atoms with Gasteiger partial charge in [-0.2, -0.15) is 0 Å². The summed E-state index contributed by atoms with van der Waals surface area (Å²) >= 11 is 0. The first kappa shape index (κ1) is 38.3. The summed E-state index contributed by atoms with van der Waals surface area (Å²) in [6, 6.07) is 61.2. The monoisotopic (exact) mass is 847 g/mol. The van der Waals surface area contributed by atoms with Gasteiger partial charge in [-0.1, -0.05) is 153 Å². The Morgan fingerprint density at radius 3 is 1.89 bits per heavy atom. The Morgan fingerprint density at radius 2 is 1.15 bits per heavy atom. The van der Waals surface area contributed by atoms with E-state index in [2.05, 4.69) is 222 Å².